The summed E-state index contributed by atoms with van der Waals surface area (Å²) in [7, 11) is 3.36. The molecule has 4 nitrogen and oxygen atoms in total. The molecule has 0 N–H and O–H groups in total. The lowest BCUT2D eigenvalue weighted by Crippen LogP contribution is -2.23. The summed E-state index contributed by atoms with van der Waals surface area (Å²) in [6.07, 6.45) is 4.94. The smallest absolute Gasteiger partial charge is 0.271 e. The zero-order valence-electron chi connectivity index (χ0n) is 11.2. The number of carbonyl (C=O) groups is 1. The maximum absolute atomic E-state index is 11.8. The van der Waals surface area contributed by atoms with Crippen molar-refractivity contribution in [1.82, 2.24) is 9.88 Å². The average molecular weight is 275 g/mol. The van der Waals surface area contributed by atoms with Gasteiger partial charge in [-0.05, 0) is 25.0 Å². The molecular formula is C14H17N3OS. The number of nitrogens with zero attached hydrogens (tertiary/aromatic N) is 3. The first-order valence-corrected chi connectivity index (χ1v) is 7.29. The number of thioether (sulfide) groups is 1. The van der Waals surface area contributed by atoms with Crippen molar-refractivity contribution in [2.75, 3.05) is 14.1 Å². The average Bonchev–Trinajstić information content (AvgIpc) is 2.91. The van der Waals surface area contributed by atoms with Crippen molar-refractivity contribution in [3.63, 3.8) is 0 Å². The van der Waals surface area contributed by atoms with E-state index in [9.17, 15) is 10.1 Å². The molecule has 2 rings (SSSR count). The predicted octanol–water partition coefficient (Wildman–Crippen LogP) is 2.69. The first-order chi connectivity index (χ1) is 9.11. The van der Waals surface area contributed by atoms with E-state index in [2.05, 4.69) is 11.1 Å². The van der Waals surface area contributed by atoms with Crippen LogP contribution in [-0.4, -0.2) is 35.1 Å². The number of pyridine rings is 1. The summed E-state index contributed by atoms with van der Waals surface area (Å²) >= 11 is 1.72. The van der Waals surface area contributed by atoms with Crippen molar-refractivity contribution in [2.45, 2.75) is 35.8 Å². The molecule has 1 aromatic heterocycles. The Morgan fingerprint density at radius 2 is 2.11 bits per heavy atom. The molecule has 1 fully saturated rings. The second-order valence-electron chi connectivity index (χ2n) is 4.88. The van der Waals surface area contributed by atoms with Gasteiger partial charge in [-0.3, -0.25) is 4.79 Å². The third-order valence-corrected chi connectivity index (χ3v) is 4.57. The minimum absolute atomic E-state index is 0.172. The number of amides is 1. The molecule has 1 aromatic rings. The third-order valence-electron chi connectivity index (χ3n) is 3.19. The molecule has 1 aliphatic carbocycles. The second kappa shape index (κ2) is 6.07. The van der Waals surface area contributed by atoms with E-state index < -0.39 is 0 Å². The van der Waals surface area contributed by atoms with Crippen molar-refractivity contribution in [3.8, 4) is 6.07 Å². The molecule has 0 bridgehead atoms. The van der Waals surface area contributed by atoms with Gasteiger partial charge in [0, 0.05) is 24.2 Å². The van der Waals surface area contributed by atoms with Crippen LogP contribution in [0.5, 0.6) is 0 Å². The van der Waals surface area contributed by atoms with E-state index in [1.807, 2.05) is 6.07 Å². The van der Waals surface area contributed by atoms with Gasteiger partial charge in [-0.15, -0.1) is 11.8 Å². The first kappa shape index (κ1) is 13.9. The van der Waals surface area contributed by atoms with Crippen LogP contribution in [0.1, 0.15) is 41.9 Å². The summed E-state index contributed by atoms with van der Waals surface area (Å²) in [5.41, 5.74) is 0.696. The second-order valence-corrected chi connectivity index (χ2v) is 6.22. The predicted molar refractivity (Wildman–Crippen MR) is 75.1 cm³/mol. The summed E-state index contributed by atoms with van der Waals surface area (Å²) in [5, 5.41) is 9.77. The Kier molecular flexibility index (Phi) is 4.43. The van der Waals surface area contributed by atoms with Crippen LogP contribution in [-0.2, 0) is 0 Å². The number of carbonyl (C=O) groups excluding carboxylic acids is 1. The van der Waals surface area contributed by atoms with E-state index in [0.29, 0.717) is 16.6 Å². The zero-order valence-corrected chi connectivity index (χ0v) is 12.0. The number of hydrogen-bond donors (Lipinski definition) is 0. The summed E-state index contributed by atoms with van der Waals surface area (Å²) < 4.78 is 0. The van der Waals surface area contributed by atoms with Crippen LogP contribution in [0.25, 0.3) is 0 Å². The Morgan fingerprint density at radius 1 is 1.42 bits per heavy atom. The maximum atomic E-state index is 11.8. The fraction of sp³-hybridized carbons (Fsp3) is 0.500. The highest BCUT2D eigenvalue weighted by Crippen LogP contribution is 2.35. The summed E-state index contributed by atoms with van der Waals surface area (Å²) in [4.78, 5) is 18.4. The molecule has 0 aliphatic heterocycles. The van der Waals surface area contributed by atoms with Crippen LogP contribution < -0.4 is 0 Å². The number of hydrogen-bond acceptors (Lipinski definition) is 4. The minimum Gasteiger partial charge on any atom is -0.343 e. The van der Waals surface area contributed by atoms with E-state index in [1.165, 1.54) is 30.6 Å². The van der Waals surface area contributed by atoms with Crippen molar-refractivity contribution in [3.05, 3.63) is 23.5 Å². The molecule has 1 heterocycles. The molecule has 1 aliphatic rings. The lowest BCUT2D eigenvalue weighted by Gasteiger charge is -2.12. The van der Waals surface area contributed by atoms with Crippen LogP contribution in [0, 0.1) is 11.3 Å². The lowest BCUT2D eigenvalue weighted by molar-refractivity contribution is 0.0822. The Labute approximate surface area is 117 Å². The topological polar surface area (TPSA) is 57.0 Å². The van der Waals surface area contributed by atoms with Crippen molar-refractivity contribution in [1.29, 1.82) is 5.26 Å². The monoisotopic (exact) mass is 275 g/mol. The molecule has 0 saturated heterocycles. The van der Waals surface area contributed by atoms with Gasteiger partial charge in [0.2, 0.25) is 0 Å². The van der Waals surface area contributed by atoms with Crippen molar-refractivity contribution >= 4 is 17.7 Å². The van der Waals surface area contributed by atoms with Gasteiger partial charge in [0.1, 0.15) is 11.8 Å². The van der Waals surface area contributed by atoms with Crippen molar-refractivity contribution in [2.24, 2.45) is 0 Å². The Morgan fingerprint density at radius 3 is 2.68 bits per heavy atom. The van der Waals surface area contributed by atoms with E-state index in [1.54, 1.807) is 31.9 Å². The van der Waals surface area contributed by atoms with Crippen LogP contribution in [0.15, 0.2) is 17.0 Å². The normalized spacial score (nSPS) is 15.2. The summed E-state index contributed by atoms with van der Waals surface area (Å²) in [6.45, 7) is 0. The van der Waals surface area contributed by atoms with Gasteiger partial charge in [0.05, 0.1) is 0 Å². The molecule has 0 radical (unpaired) electrons. The van der Waals surface area contributed by atoms with Crippen LogP contribution in [0.3, 0.4) is 0 Å². The van der Waals surface area contributed by atoms with E-state index in [-0.39, 0.29) is 5.91 Å². The van der Waals surface area contributed by atoms with Crippen LogP contribution in [0.2, 0.25) is 0 Å². The van der Waals surface area contributed by atoms with Gasteiger partial charge >= 0.3 is 0 Å². The molecular weight excluding hydrogens is 258 g/mol. The number of aromatic nitrogens is 1. The molecule has 0 spiro atoms. The quantitative estimate of drug-likeness (QED) is 0.851. The maximum Gasteiger partial charge on any atom is 0.271 e. The Bertz CT molecular complexity index is 516. The van der Waals surface area contributed by atoms with E-state index in [0.717, 1.165) is 4.90 Å². The molecule has 1 saturated carbocycles. The van der Waals surface area contributed by atoms with E-state index >= 15 is 0 Å². The number of nitriles is 1. The molecule has 1 amide bonds. The highest BCUT2D eigenvalue weighted by molar-refractivity contribution is 8.00. The number of rotatable bonds is 3. The highest BCUT2D eigenvalue weighted by atomic mass is 32.2. The van der Waals surface area contributed by atoms with Gasteiger partial charge < -0.3 is 4.90 Å². The fourth-order valence-electron chi connectivity index (χ4n) is 2.16. The Hall–Kier alpha value is -1.54. The summed E-state index contributed by atoms with van der Waals surface area (Å²) in [5.74, 6) is -0.172. The highest BCUT2D eigenvalue weighted by Gasteiger charge is 2.19. The summed E-state index contributed by atoms with van der Waals surface area (Å²) in [6, 6.07) is 5.66. The minimum atomic E-state index is -0.172. The van der Waals surface area contributed by atoms with Crippen LogP contribution >= 0.6 is 11.8 Å². The molecule has 5 heteroatoms. The fourth-order valence-corrected chi connectivity index (χ4v) is 3.43. The van der Waals surface area contributed by atoms with Gasteiger partial charge in [0.25, 0.3) is 5.91 Å². The van der Waals surface area contributed by atoms with Gasteiger partial charge in [-0.1, -0.05) is 12.8 Å². The standard InChI is InChI=1S/C14H17N3OS/c1-17(2)14(18)11-7-8-13(12(9-15)16-11)19-10-5-3-4-6-10/h7-8,10H,3-6H2,1-2H3. The molecule has 19 heavy (non-hydrogen) atoms. The molecule has 0 unspecified atom stereocenters. The molecule has 100 valence electrons. The molecule has 0 aromatic carbocycles. The van der Waals surface area contributed by atoms with Gasteiger partial charge in [0.15, 0.2) is 5.69 Å². The van der Waals surface area contributed by atoms with Crippen LogP contribution in [0.4, 0.5) is 0 Å². The van der Waals surface area contributed by atoms with Gasteiger partial charge in [-0.25, -0.2) is 4.98 Å². The third kappa shape index (κ3) is 3.27. The van der Waals surface area contributed by atoms with Gasteiger partial charge in [-0.2, -0.15) is 5.26 Å². The van der Waals surface area contributed by atoms with Crippen molar-refractivity contribution < 1.29 is 4.79 Å². The Balaban J connectivity index is 2.21. The molecule has 0 atom stereocenters. The SMILES string of the molecule is CN(C)C(=O)c1ccc(SC2CCCC2)c(C#N)n1. The lowest BCUT2D eigenvalue weighted by atomic mass is 10.3. The largest absolute Gasteiger partial charge is 0.343 e. The zero-order chi connectivity index (χ0) is 13.8. The first-order valence-electron chi connectivity index (χ1n) is 6.41. The van der Waals surface area contributed by atoms with E-state index in [4.69, 9.17) is 0 Å².